The first kappa shape index (κ1) is 20.4. The van der Waals surface area contributed by atoms with Crippen molar-refractivity contribution >= 4 is 11.8 Å². The second-order valence-corrected chi connectivity index (χ2v) is 8.18. The van der Waals surface area contributed by atoms with Gasteiger partial charge in [-0.2, -0.15) is 0 Å². The molecular weight excluding hydrogens is 385 g/mol. The van der Waals surface area contributed by atoms with Crippen LogP contribution >= 0.6 is 0 Å². The Hall–Kier alpha value is -2.87. The van der Waals surface area contributed by atoms with Gasteiger partial charge in [0.15, 0.2) is 0 Å². The third-order valence-corrected chi connectivity index (χ3v) is 5.99. The molecule has 0 saturated carbocycles. The molecule has 2 aliphatic heterocycles. The molecule has 2 fully saturated rings. The molecule has 1 aromatic carbocycles. The number of benzene rings is 1. The van der Waals surface area contributed by atoms with Crippen molar-refractivity contribution in [3.05, 3.63) is 59.9 Å². The van der Waals surface area contributed by atoms with Crippen molar-refractivity contribution in [2.75, 3.05) is 32.7 Å². The number of fused-ring (bicyclic) bond motifs is 1. The normalized spacial score (nSPS) is 22.0. The van der Waals surface area contributed by atoms with E-state index >= 15 is 0 Å². The summed E-state index contributed by atoms with van der Waals surface area (Å²) in [6, 6.07) is 6.19. The van der Waals surface area contributed by atoms with E-state index < -0.39 is 0 Å². The largest absolute Gasteiger partial charge is 0.349 e. The summed E-state index contributed by atoms with van der Waals surface area (Å²) in [6.45, 7) is 5.60. The molecule has 2 aliphatic rings. The van der Waals surface area contributed by atoms with E-state index in [2.05, 4.69) is 20.2 Å². The molecule has 7 nitrogen and oxygen atoms in total. The number of carbonyl (C=O) groups excluding carboxylic acids is 2. The highest BCUT2D eigenvalue weighted by Crippen LogP contribution is 2.32. The van der Waals surface area contributed by atoms with Crippen molar-refractivity contribution in [1.82, 2.24) is 25.1 Å². The maximum atomic E-state index is 13.6. The summed E-state index contributed by atoms with van der Waals surface area (Å²) >= 11 is 0. The van der Waals surface area contributed by atoms with E-state index in [0.717, 1.165) is 38.3 Å². The molecule has 4 rings (SSSR count). The number of halogens is 1. The molecule has 0 bridgehead atoms. The minimum absolute atomic E-state index is 0.0547. The predicted octanol–water partition coefficient (Wildman–Crippen LogP) is 1.89. The monoisotopic (exact) mass is 411 g/mol. The van der Waals surface area contributed by atoms with Crippen LogP contribution in [-0.2, 0) is 4.79 Å². The van der Waals surface area contributed by atoms with Crippen LogP contribution in [0.4, 0.5) is 4.39 Å². The fraction of sp³-hybridized carbons (Fsp3) is 0.455. The van der Waals surface area contributed by atoms with Crippen LogP contribution in [0, 0.1) is 17.7 Å². The molecule has 0 unspecified atom stereocenters. The van der Waals surface area contributed by atoms with E-state index in [-0.39, 0.29) is 23.7 Å². The van der Waals surface area contributed by atoms with Gasteiger partial charge in [0.1, 0.15) is 11.5 Å². The Bertz CT molecular complexity index is 895. The summed E-state index contributed by atoms with van der Waals surface area (Å²) in [5, 5.41) is 2.94. The molecule has 3 atom stereocenters. The average molecular weight is 411 g/mol. The van der Waals surface area contributed by atoms with Crippen molar-refractivity contribution in [3.8, 4) is 0 Å². The maximum absolute atomic E-state index is 13.6. The molecule has 0 aliphatic carbocycles. The molecule has 158 valence electrons. The molecule has 1 N–H and O–H groups in total. The number of nitrogens with one attached hydrogen (secondary N) is 1. The summed E-state index contributed by atoms with van der Waals surface area (Å²) in [5.74, 6) is 0.408. The van der Waals surface area contributed by atoms with Crippen molar-refractivity contribution < 1.29 is 14.0 Å². The van der Waals surface area contributed by atoms with Gasteiger partial charge in [0.2, 0.25) is 5.91 Å². The maximum Gasteiger partial charge on any atom is 0.274 e. The Morgan fingerprint density at radius 1 is 1.20 bits per heavy atom. The predicted molar refractivity (Wildman–Crippen MR) is 109 cm³/mol. The zero-order valence-corrected chi connectivity index (χ0v) is 17.0. The van der Waals surface area contributed by atoms with Gasteiger partial charge in [-0.25, -0.2) is 9.37 Å². The van der Waals surface area contributed by atoms with E-state index in [9.17, 15) is 14.0 Å². The van der Waals surface area contributed by atoms with Gasteiger partial charge in [-0.15, -0.1) is 0 Å². The first-order valence-electron chi connectivity index (χ1n) is 10.3. The number of aromatic nitrogens is 2. The first-order chi connectivity index (χ1) is 14.5. The SMILES string of the molecule is CC(=O)N[C@@H](CCN1C[C@@H]2CN(C(=O)c3cnccn3)C[C@@H]2C1)c1cccc(F)c1. The standard InChI is InChI=1S/C22H26FN5O2/c1-15(29)26-20(16-3-2-4-19(23)9-16)5-8-27-11-17-13-28(14-18(17)12-27)22(30)21-10-24-6-7-25-21/h2-4,6-7,9-10,17-18,20H,5,8,11-14H2,1H3,(H,26,29)/t17-,18+,20-/m0/s1. The zero-order chi connectivity index (χ0) is 21.1. The molecule has 0 spiro atoms. The van der Waals surface area contributed by atoms with Gasteiger partial charge in [0, 0.05) is 52.0 Å². The highest BCUT2D eigenvalue weighted by atomic mass is 19.1. The number of likely N-dealkylation sites (tertiary alicyclic amines) is 2. The number of hydrogen-bond acceptors (Lipinski definition) is 5. The summed E-state index contributed by atoms with van der Waals surface area (Å²) in [6.07, 6.45) is 5.32. The lowest BCUT2D eigenvalue weighted by atomic mass is 10.0. The molecule has 2 aromatic rings. The minimum atomic E-state index is -0.300. The average Bonchev–Trinajstić information content (AvgIpc) is 3.30. The van der Waals surface area contributed by atoms with E-state index in [0.29, 0.717) is 24.0 Å². The van der Waals surface area contributed by atoms with Gasteiger partial charge in [0.25, 0.3) is 5.91 Å². The fourth-order valence-corrected chi connectivity index (χ4v) is 4.61. The van der Waals surface area contributed by atoms with Crippen LogP contribution in [0.1, 0.15) is 35.4 Å². The molecule has 8 heteroatoms. The van der Waals surface area contributed by atoms with Gasteiger partial charge < -0.3 is 15.1 Å². The van der Waals surface area contributed by atoms with Gasteiger partial charge in [0.05, 0.1) is 12.2 Å². The summed E-state index contributed by atoms with van der Waals surface area (Å²) in [7, 11) is 0. The van der Waals surface area contributed by atoms with Crippen LogP contribution in [0.25, 0.3) is 0 Å². The number of rotatable bonds is 6. The van der Waals surface area contributed by atoms with Gasteiger partial charge in [-0.05, 0) is 36.0 Å². The summed E-state index contributed by atoms with van der Waals surface area (Å²) in [4.78, 5) is 36.6. The Labute approximate surface area is 175 Å². The summed E-state index contributed by atoms with van der Waals surface area (Å²) < 4.78 is 13.6. The molecule has 0 radical (unpaired) electrons. The highest BCUT2D eigenvalue weighted by molar-refractivity contribution is 5.92. The lowest BCUT2D eigenvalue weighted by molar-refractivity contribution is -0.119. The van der Waals surface area contributed by atoms with E-state index in [4.69, 9.17) is 0 Å². The van der Waals surface area contributed by atoms with Crippen LogP contribution in [0.2, 0.25) is 0 Å². The zero-order valence-electron chi connectivity index (χ0n) is 17.0. The molecule has 2 amide bonds. The Balaban J connectivity index is 1.31. The second-order valence-electron chi connectivity index (χ2n) is 8.18. The highest BCUT2D eigenvalue weighted by Gasteiger charge is 2.41. The first-order valence-corrected chi connectivity index (χ1v) is 10.3. The lowest BCUT2D eigenvalue weighted by Gasteiger charge is -2.24. The third-order valence-electron chi connectivity index (χ3n) is 5.99. The number of carbonyl (C=O) groups is 2. The van der Waals surface area contributed by atoms with Gasteiger partial charge >= 0.3 is 0 Å². The van der Waals surface area contributed by atoms with Crippen molar-refractivity contribution in [2.45, 2.75) is 19.4 Å². The van der Waals surface area contributed by atoms with E-state index in [1.165, 1.54) is 31.5 Å². The van der Waals surface area contributed by atoms with E-state index in [1.54, 1.807) is 12.3 Å². The van der Waals surface area contributed by atoms with Crippen molar-refractivity contribution in [1.29, 1.82) is 0 Å². The van der Waals surface area contributed by atoms with Crippen LogP contribution in [0.3, 0.4) is 0 Å². The lowest BCUT2D eigenvalue weighted by Crippen LogP contribution is -2.35. The number of hydrogen-bond donors (Lipinski definition) is 1. The van der Waals surface area contributed by atoms with Crippen LogP contribution < -0.4 is 5.32 Å². The molecule has 1 aromatic heterocycles. The molecule has 3 heterocycles. The molecule has 30 heavy (non-hydrogen) atoms. The van der Waals surface area contributed by atoms with Gasteiger partial charge in [-0.3, -0.25) is 14.6 Å². The Kier molecular flexibility index (Phi) is 6.03. The minimum Gasteiger partial charge on any atom is -0.349 e. The quantitative estimate of drug-likeness (QED) is 0.785. The van der Waals surface area contributed by atoms with Crippen molar-refractivity contribution in [3.63, 3.8) is 0 Å². The van der Waals surface area contributed by atoms with Crippen LogP contribution in [0.15, 0.2) is 42.9 Å². The van der Waals surface area contributed by atoms with E-state index in [1.807, 2.05) is 11.0 Å². The Morgan fingerprint density at radius 3 is 2.60 bits per heavy atom. The van der Waals surface area contributed by atoms with Crippen molar-refractivity contribution in [2.24, 2.45) is 11.8 Å². The topological polar surface area (TPSA) is 78.4 Å². The number of nitrogens with zero attached hydrogens (tertiary/aromatic N) is 4. The summed E-state index contributed by atoms with van der Waals surface area (Å²) in [5.41, 5.74) is 1.17. The third kappa shape index (κ3) is 4.64. The van der Waals surface area contributed by atoms with Crippen LogP contribution in [-0.4, -0.2) is 64.3 Å². The molecule has 2 saturated heterocycles. The fourth-order valence-electron chi connectivity index (χ4n) is 4.61. The number of amides is 2. The molecular formula is C22H26FN5O2. The Morgan fingerprint density at radius 2 is 1.97 bits per heavy atom. The van der Waals surface area contributed by atoms with Crippen LogP contribution in [0.5, 0.6) is 0 Å². The smallest absolute Gasteiger partial charge is 0.274 e. The van der Waals surface area contributed by atoms with Gasteiger partial charge in [-0.1, -0.05) is 12.1 Å². The second kappa shape index (κ2) is 8.87.